The number of thioether (sulfide) groups is 1. The third-order valence-electron chi connectivity index (χ3n) is 4.37. The van der Waals surface area contributed by atoms with Crippen molar-refractivity contribution in [2.45, 2.75) is 10.9 Å². The van der Waals surface area contributed by atoms with E-state index in [1.165, 1.54) is 0 Å². The smallest absolute Gasteiger partial charge is 0.196 e. The molecular formula is C22H17Cl2N3OS. The van der Waals surface area contributed by atoms with Crippen molar-refractivity contribution in [3.05, 3.63) is 88.4 Å². The van der Waals surface area contributed by atoms with Gasteiger partial charge in [-0.3, -0.25) is 4.57 Å². The third kappa shape index (κ3) is 4.42. The molecule has 3 aromatic carbocycles. The van der Waals surface area contributed by atoms with Gasteiger partial charge in [0.05, 0.1) is 7.11 Å². The van der Waals surface area contributed by atoms with Crippen LogP contribution in [0.5, 0.6) is 5.75 Å². The molecule has 4 aromatic rings. The van der Waals surface area contributed by atoms with E-state index in [1.54, 1.807) is 24.9 Å². The van der Waals surface area contributed by atoms with Gasteiger partial charge in [-0.25, -0.2) is 0 Å². The zero-order valence-corrected chi connectivity index (χ0v) is 17.9. The Morgan fingerprint density at radius 1 is 0.931 bits per heavy atom. The minimum absolute atomic E-state index is 0.623. The quantitative estimate of drug-likeness (QED) is 0.318. The number of aromatic nitrogens is 3. The lowest BCUT2D eigenvalue weighted by atomic mass is 10.2. The number of para-hydroxylation sites is 1. The lowest BCUT2D eigenvalue weighted by Crippen LogP contribution is -1.99. The van der Waals surface area contributed by atoms with Crippen LogP contribution in [0.25, 0.3) is 17.1 Å². The van der Waals surface area contributed by atoms with Crippen molar-refractivity contribution >= 4 is 35.0 Å². The van der Waals surface area contributed by atoms with E-state index in [0.29, 0.717) is 15.8 Å². The van der Waals surface area contributed by atoms with E-state index >= 15 is 0 Å². The molecule has 0 aliphatic carbocycles. The second kappa shape index (κ2) is 8.91. The molecule has 0 aliphatic heterocycles. The molecule has 0 fully saturated rings. The second-order valence-corrected chi connectivity index (χ2v) is 8.02. The lowest BCUT2D eigenvalue weighted by Gasteiger charge is -2.11. The highest BCUT2D eigenvalue weighted by atomic mass is 35.5. The fourth-order valence-electron chi connectivity index (χ4n) is 2.88. The number of ether oxygens (including phenoxy) is 1. The summed E-state index contributed by atoms with van der Waals surface area (Å²) in [6.07, 6.45) is 0. The number of hydrogen-bond donors (Lipinski definition) is 0. The van der Waals surface area contributed by atoms with Crippen LogP contribution >= 0.6 is 35.0 Å². The minimum atomic E-state index is 0.623. The summed E-state index contributed by atoms with van der Waals surface area (Å²) in [5.74, 6) is 2.22. The molecule has 0 N–H and O–H groups in total. The summed E-state index contributed by atoms with van der Waals surface area (Å²) in [4.78, 5) is 0. The van der Waals surface area contributed by atoms with Gasteiger partial charge in [0.2, 0.25) is 0 Å². The average molecular weight is 442 g/mol. The van der Waals surface area contributed by atoms with E-state index in [0.717, 1.165) is 33.5 Å². The Balaban J connectivity index is 1.71. The van der Waals surface area contributed by atoms with Crippen molar-refractivity contribution in [2.75, 3.05) is 7.11 Å². The van der Waals surface area contributed by atoms with Crippen molar-refractivity contribution in [3.8, 4) is 22.8 Å². The molecule has 29 heavy (non-hydrogen) atoms. The standard InChI is InChI=1S/C22H17Cl2N3OS/c1-28-19-11-8-15(9-12-19)21-25-26-22(27(21)18-5-3-2-4-6-18)29-14-16-7-10-17(23)13-20(16)24/h2-13H,14H2,1H3. The van der Waals surface area contributed by atoms with Gasteiger partial charge in [0.15, 0.2) is 11.0 Å². The summed E-state index contributed by atoms with van der Waals surface area (Å²) in [5, 5.41) is 11.0. The fourth-order valence-corrected chi connectivity index (χ4v) is 4.39. The van der Waals surface area contributed by atoms with Gasteiger partial charge >= 0.3 is 0 Å². The Hall–Kier alpha value is -2.47. The first-order valence-electron chi connectivity index (χ1n) is 8.87. The Morgan fingerprint density at radius 2 is 1.69 bits per heavy atom. The highest BCUT2D eigenvalue weighted by Gasteiger charge is 2.17. The molecule has 4 nitrogen and oxygen atoms in total. The zero-order chi connectivity index (χ0) is 20.2. The highest BCUT2D eigenvalue weighted by molar-refractivity contribution is 7.98. The zero-order valence-electron chi connectivity index (χ0n) is 15.5. The Bertz CT molecular complexity index is 1110. The van der Waals surface area contributed by atoms with E-state index in [1.807, 2.05) is 66.7 Å². The van der Waals surface area contributed by atoms with Gasteiger partial charge in [-0.2, -0.15) is 0 Å². The van der Waals surface area contributed by atoms with Crippen molar-refractivity contribution < 1.29 is 4.74 Å². The molecule has 1 aromatic heterocycles. The van der Waals surface area contributed by atoms with Crippen LogP contribution in [0.2, 0.25) is 10.0 Å². The van der Waals surface area contributed by atoms with Gasteiger partial charge < -0.3 is 4.74 Å². The van der Waals surface area contributed by atoms with Gasteiger partial charge in [-0.05, 0) is 54.1 Å². The summed E-state index contributed by atoms with van der Waals surface area (Å²) in [7, 11) is 1.65. The van der Waals surface area contributed by atoms with Crippen LogP contribution in [0.15, 0.2) is 78.0 Å². The summed E-state index contributed by atoms with van der Waals surface area (Å²) in [5.41, 5.74) is 2.95. The Morgan fingerprint density at radius 3 is 2.38 bits per heavy atom. The van der Waals surface area contributed by atoms with Gasteiger partial charge in [0.1, 0.15) is 5.75 Å². The van der Waals surface area contributed by atoms with Gasteiger partial charge in [0.25, 0.3) is 0 Å². The van der Waals surface area contributed by atoms with Crippen molar-refractivity contribution in [1.29, 1.82) is 0 Å². The third-order valence-corrected chi connectivity index (χ3v) is 5.93. The molecule has 7 heteroatoms. The maximum atomic E-state index is 6.33. The van der Waals surface area contributed by atoms with Crippen molar-refractivity contribution in [2.24, 2.45) is 0 Å². The molecule has 0 bridgehead atoms. The molecule has 0 atom stereocenters. The Labute approximate surface area is 183 Å². The predicted molar refractivity (Wildman–Crippen MR) is 119 cm³/mol. The maximum Gasteiger partial charge on any atom is 0.196 e. The number of halogens is 2. The number of nitrogens with zero attached hydrogens (tertiary/aromatic N) is 3. The topological polar surface area (TPSA) is 39.9 Å². The largest absolute Gasteiger partial charge is 0.497 e. The molecule has 146 valence electrons. The van der Waals surface area contributed by atoms with E-state index in [4.69, 9.17) is 27.9 Å². The van der Waals surface area contributed by atoms with E-state index < -0.39 is 0 Å². The number of methoxy groups -OCH3 is 1. The number of benzene rings is 3. The van der Waals surface area contributed by atoms with Crippen LogP contribution in [0.3, 0.4) is 0 Å². The first-order chi connectivity index (χ1) is 14.2. The van der Waals surface area contributed by atoms with E-state index in [9.17, 15) is 0 Å². The van der Waals surface area contributed by atoms with Gasteiger partial charge in [-0.1, -0.05) is 59.2 Å². The van der Waals surface area contributed by atoms with Crippen molar-refractivity contribution in [1.82, 2.24) is 14.8 Å². The molecule has 0 amide bonds. The highest BCUT2D eigenvalue weighted by Crippen LogP contribution is 2.32. The van der Waals surface area contributed by atoms with Gasteiger partial charge in [0, 0.05) is 27.0 Å². The van der Waals surface area contributed by atoms with E-state index in [2.05, 4.69) is 14.8 Å². The summed E-state index contributed by atoms with van der Waals surface area (Å²) < 4.78 is 7.32. The maximum absolute atomic E-state index is 6.33. The molecule has 0 unspecified atom stereocenters. The summed E-state index contributed by atoms with van der Waals surface area (Å²) in [6, 6.07) is 23.4. The van der Waals surface area contributed by atoms with E-state index in [-0.39, 0.29) is 0 Å². The SMILES string of the molecule is COc1ccc(-c2nnc(SCc3ccc(Cl)cc3Cl)n2-c2ccccc2)cc1. The first-order valence-corrected chi connectivity index (χ1v) is 10.6. The number of hydrogen-bond acceptors (Lipinski definition) is 4. The molecular weight excluding hydrogens is 425 g/mol. The molecule has 4 rings (SSSR count). The van der Waals surface area contributed by atoms with Crippen molar-refractivity contribution in [3.63, 3.8) is 0 Å². The number of rotatable bonds is 6. The molecule has 0 saturated heterocycles. The van der Waals surface area contributed by atoms with Crippen LogP contribution in [0, 0.1) is 0 Å². The molecule has 0 spiro atoms. The van der Waals surface area contributed by atoms with Crippen LogP contribution in [0.1, 0.15) is 5.56 Å². The molecule has 0 radical (unpaired) electrons. The predicted octanol–water partition coefficient (Wildman–Crippen LogP) is 6.54. The molecule has 1 heterocycles. The Kier molecular flexibility index (Phi) is 6.09. The molecule has 0 aliphatic rings. The van der Waals surface area contributed by atoms with Crippen LogP contribution < -0.4 is 4.74 Å². The first kappa shape index (κ1) is 19.8. The average Bonchev–Trinajstić information content (AvgIpc) is 3.18. The minimum Gasteiger partial charge on any atom is -0.497 e. The fraction of sp³-hybridized carbons (Fsp3) is 0.0909. The summed E-state index contributed by atoms with van der Waals surface area (Å²) >= 11 is 13.9. The monoisotopic (exact) mass is 441 g/mol. The summed E-state index contributed by atoms with van der Waals surface area (Å²) in [6.45, 7) is 0. The second-order valence-electron chi connectivity index (χ2n) is 6.23. The normalized spacial score (nSPS) is 10.9. The van der Waals surface area contributed by atoms with Gasteiger partial charge in [-0.15, -0.1) is 10.2 Å². The lowest BCUT2D eigenvalue weighted by molar-refractivity contribution is 0.415. The van der Waals surface area contributed by atoms with Crippen LogP contribution in [-0.4, -0.2) is 21.9 Å². The van der Waals surface area contributed by atoms with Crippen LogP contribution in [-0.2, 0) is 5.75 Å². The molecule has 0 saturated carbocycles. The van der Waals surface area contributed by atoms with Crippen LogP contribution in [0.4, 0.5) is 0 Å².